The third-order valence-electron chi connectivity index (χ3n) is 3.51. The Balaban J connectivity index is 2.10. The first-order valence-corrected chi connectivity index (χ1v) is 7.37. The van der Waals surface area contributed by atoms with Crippen molar-refractivity contribution < 1.29 is 13.2 Å². The third-order valence-corrected chi connectivity index (χ3v) is 3.75. The van der Waals surface area contributed by atoms with Crippen LogP contribution in [0.4, 0.5) is 24.7 Å². The smallest absolute Gasteiger partial charge is 0.282 e. The van der Waals surface area contributed by atoms with Crippen molar-refractivity contribution in [3.05, 3.63) is 58.4 Å². The molecule has 3 aromatic rings. The highest BCUT2D eigenvalue weighted by Crippen LogP contribution is 2.32. The monoisotopic (exact) mass is 352 g/mol. The van der Waals surface area contributed by atoms with Gasteiger partial charge in [0, 0.05) is 11.2 Å². The fraction of sp³-hybridized carbons (Fsp3) is 0.188. The minimum atomic E-state index is -4.44. The van der Waals surface area contributed by atoms with Crippen LogP contribution in [0.2, 0.25) is 5.02 Å². The molecule has 8 heteroatoms. The van der Waals surface area contributed by atoms with Gasteiger partial charge in [-0.1, -0.05) is 17.7 Å². The molecule has 124 valence electrons. The predicted octanol–water partition coefficient (Wildman–Crippen LogP) is 6.04. The summed E-state index contributed by atoms with van der Waals surface area (Å²) in [7, 11) is 0. The number of fused-ring (bicyclic) bond motifs is 1. The largest absolute Gasteiger partial charge is 0.417 e. The molecule has 0 saturated carbocycles. The maximum absolute atomic E-state index is 12.9. The number of rotatable bonds is 2. The van der Waals surface area contributed by atoms with Crippen molar-refractivity contribution in [2.45, 2.75) is 20.0 Å². The molecule has 24 heavy (non-hydrogen) atoms. The third kappa shape index (κ3) is 3.12. The van der Waals surface area contributed by atoms with Crippen molar-refractivity contribution in [3.63, 3.8) is 0 Å². The van der Waals surface area contributed by atoms with Gasteiger partial charge < -0.3 is 0 Å². The summed E-state index contributed by atoms with van der Waals surface area (Å²) in [6.07, 6.45) is -3.47. The predicted molar refractivity (Wildman–Crippen MR) is 85.3 cm³/mol. The minimum Gasteiger partial charge on any atom is -0.282 e. The van der Waals surface area contributed by atoms with Crippen molar-refractivity contribution in [3.8, 4) is 0 Å². The van der Waals surface area contributed by atoms with E-state index in [-0.39, 0.29) is 5.82 Å². The zero-order valence-corrected chi connectivity index (χ0v) is 13.5. The summed E-state index contributed by atoms with van der Waals surface area (Å²) < 4.78 is 40.0. The minimum absolute atomic E-state index is 0.246. The molecule has 0 aliphatic carbocycles. The summed E-state index contributed by atoms with van der Waals surface area (Å²) in [6, 6.07) is 7.45. The normalized spacial score (nSPS) is 12.4. The van der Waals surface area contributed by atoms with E-state index in [1.54, 1.807) is 25.1 Å². The van der Waals surface area contributed by atoms with Gasteiger partial charge in [-0.25, -0.2) is 4.98 Å². The second kappa shape index (κ2) is 5.90. The number of nitrogens with zero attached hydrogens (tertiary/aromatic N) is 4. The number of aryl methyl sites for hydroxylation is 2. The van der Waals surface area contributed by atoms with Gasteiger partial charge in [0.2, 0.25) is 0 Å². The lowest BCUT2D eigenvalue weighted by Gasteiger charge is -2.07. The maximum Gasteiger partial charge on any atom is 0.417 e. The van der Waals surface area contributed by atoms with Crippen molar-refractivity contribution >= 4 is 28.8 Å². The molecule has 4 nitrogen and oxygen atoms in total. The number of alkyl halides is 3. The van der Waals surface area contributed by atoms with Crippen LogP contribution < -0.4 is 0 Å². The van der Waals surface area contributed by atoms with Crippen LogP contribution in [0.25, 0.3) is 5.65 Å². The lowest BCUT2D eigenvalue weighted by Crippen LogP contribution is -2.06. The molecule has 0 fully saturated rings. The number of aromatic nitrogens is 2. The number of halogens is 4. The number of benzene rings is 1. The highest BCUT2D eigenvalue weighted by Gasteiger charge is 2.31. The van der Waals surface area contributed by atoms with Crippen molar-refractivity contribution in [2.75, 3.05) is 0 Å². The summed E-state index contributed by atoms with van der Waals surface area (Å²) in [6.45, 7) is 3.51. The molecule has 3 rings (SSSR count). The molecule has 0 spiro atoms. The molecule has 2 heterocycles. The Morgan fingerprint density at radius 1 is 1.08 bits per heavy atom. The molecule has 0 radical (unpaired) electrons. The van der Waals surface area contributed by atoms with E-state index in [0.29, 0.717) is 22.1 Å². The molecule has 2 aromatic heterocycles. The van der Waals surface area contributed by atoms with Crippen LogP contribution in [0.3, 0.4) is 0 Å². The average Bonchev–Trinajstić information content (AvgIpc) is 2.82. The van der Waals surface area contributed by atoms with E-state index in [2.05, 4.69) is 15.2 Å². The first-order chi connectivity index (χ1) is 11.3. The van der Waals surface area contributed by atoms with E-state index in [1.165, 1.54) is 10.5 Å². The van der Waals surface area contributed by atoms with Gasteiger partial charge in [0.15, 0.2) is 5.82 Å². The van der Waals surface area contributed by atoms with E-state index >= 15 is 0 Å². The molecule has 0 N–H and O–H groups in total. The first kappa shape index (κ1) is 16.4. The lowest BCUT2D eigenvalue weighted by atomic mass is 10.2. The van der Waals surface area contributed by atoms with Gasteiger partial charge in [0.1, 0.15) is 5.65 Å². The molecular formula is C16H12ClF3N4. The highest BCUT2D eigenvalue weighted by atomic mass is 35.5. The molecule has 0 aliphatic rings. The Labute approximate surface area is 140 Å². The standard InChI is InChI=1S/C16H12ClF3N4/c1-9-3-5-12(17)7-13(9)22-23-15-10(2)21-14-6-4-11(8-24(14)15)16(18,19)20/h3-8H,1-2H3. The van der Waals surface area contributed by atoms with Gasteiger partial charge in [-0.2, -0.15) is 13.2 Å². The van der Waals surface area contributed by atoms with E-state index in [0.717, 1.165) is 17.8 Å². The van der Waals surface area contributed by atoms with Crippen molar-refractivity contribution in [2.24, 2.45) is 10.2 Å². The summed E-state index contributed by atoms with van der Waals surface area (Å²) in [5, 5.41) is 8.70. The topological polar surface area (TPSA) is 42.0 Å². The Hall–Kier alpha value is -2.41. The Bertz CT molecular complexity index is 944. The fourth-order valence-corrected chi connectivity index (χ4v) is 2.40. The van der Waals surface area contributed by atoms with Crippen LogP contribution in [0.5, 0.6) is 0 Å². The van der Waals surface area contributed by atoms with Crippen LogP contribution >= 0.6 is 11.6 Å². The molecule has 1 aromatic carbocycles. The second-order valence-electron chi connectivity index (χ2n) is 5.30. The Morgan fingerprint density at radius 3 is 2.54 bits per heavy atom. The summed E-state index contributed by atoms with van der Waals surface area (Å²) in [5.41, 5.74) is 1.48. The van der Waals surface area contributed by atoms with Crippen molar-refractivity contribution in [1.82, 2.24) is 9.38 Å². The highest BCUT2D eigenvalue weighted by molar-refractivity contribution is 6.30. The molecule has 0 bridgehead atoms. The number of pyridine rings is 1. The molecule has 0 unspecified atom stereocenters. The number of hydrogen-bond acceptors (Lipinski definition) is 3. The molecule has 0 atom stereocenters. The Morgan fingerprint density at radius 2 is 1.83 bits per heavy atom. The Kier molecular flexibility index (Phi) is 4.04. The van der Waals surface area contributed by atoms with Crippen LogP contribution in [0.15, 0.2) is 46.8 Å². The summed E-state index contributed by atoms with van der Waals surface area (Å²) in [5.74, 6) is 0.246. The summed E-state index contributed by atoms with van der Waals surface area (Å²) in [4.78, 5) is 4.20. The number of azo groups is 1. The zero-order valence-electron chi connectivity index (χ0n) is 12.8. The van der Waals surface area contributed by atoms with E-state index in [1.807, 2.05) is 6.92 Å². The average molecular weight is 353 g/mol. The van der Waals surface area contributed by atoms with Crippen LogP contribution in [-0.2, 0) is 6.18 Å². The maximum atomic E-state index is 12.9. The zero-order chi connectivity index (χ0) is 17.5. The van der Waals surface area contributed by atoms with E-state index in [4.69, 9.17) is 11.6 Å². The molecular weight excluding hydrogens is 341 g/mol. The van der Waals surface area contributed by atoms with Gasteiger partial charge in [0.25, 0.3) is 0 Å². The van der Waals surface area contributed by atoms with Gasteiger partial charge in [-0.3, -0.25) is 4.40 Å². The van der Waals surface area contributed by atoms with Crippen LogP contribution in [-0.4, -0.2) is 9.38 Å². The van der Waals surface area contributed by atoms with E-state index in [9.17, 15) is 13.2 Å². The second-order valence-corrected chi connectivity index (χ2v) is 5.73. The van der Waals surface area contributed by atoms with Gasteiger partial charge >= 0.3 is 6.18 Å². The van der Waals surface area contributed by atoms with Crippen LogP contribution in [0, 0.1) is 13.8 Å². The van der Waals surface area contributed by atoms with Gasteiger partial charge in [0.05, 0.1) is 16.9 Å². The molecule has 0 aliphatic heterocycles. The van der Waals surface area contributed by atoms with Crippen molar-refractivity contribution in [1.29, 1.82) is 0 Å². The van der Waals surface area contributed by atoms with Gasteiger partial charge in [-0.05, 0) is 43.7 Å². The van der Waals surface area contributed by atoms with E-state index < -0.39 is 11.7 Å². The first-order valence-electron chi connectivity index (χ1n) is 6.99. The SMILES string of the molecule is Cc1ccc(Cl)cc1N=Nc1c(C)nc2ccc(C(F)(F)F)cn12. The quantitative estimate of drug-likeness (QED) is 0.518. The molecule has 0 saturated heterocycles. The number of imidazole rings is 1. The fourth-order valence-electron chi connectivity index (χ4n) is 2.23. The van der Waals surface area contributed by atoms with Crippen LogP contribution in [0.1, 0.15) is 16.8 Å². The number of hydrogen-bond donors (Lipinski definition) is 0. The summed E-state index contributed by atoms with van der Waals surface area (Å²) >= 11 is 5.93. The van der Waals surface area contributed by atoms with Gasteiger partial charge in [-0.15, -0.1) is 10.2 Å². The molecule has 0 amide bonds. The lowest BCUT2D eigenvalue weighted by molar-refractivity contribution is -0.137.